The fourth-order valence-corrected chi connectivity index (χ4v) is 1.52. The number of benzene rings is 2. The van der Waals surface area contributed by atoms with Crippen molar-refractivity contribution < 1.29 is 18.1 Å². The van der Waals surface area contributed by atoms with Crippen LogP contribution in [0.4, 0.5) is 0 Å². The van der Waals surface area contributed by atoms with Crippen LogP contribution in [0.5, 0.6) is 0 Å². The molecule has 0 atom stereocenters. The van der Waals surface area contributed by atoms with Crippen molar-refractivity contribution in [3.63, 3.8) is 0 Å². The summed E-state index contributed by atoms with van der Waals surface area (Å²) in [6.45, 7) is 0. The molecule has 0 amide bonds. The van der Waals surface area contributed by atoms with Crippen molar-refractivity contribution in [2.24, 2.45) is 0 Å². The lowest BCUT2D eigenvalue weighted by molar-refractivity contribution is 0.112. The molecule has 4 nitrogen and oxygen atoms in total. The lowest BCUT2D eigenvalue weighted by Crippen LogP contribution is -1.80. The monoisotopic (exact) mass is 298 g/mol. The molecule has 0 unspecified atom stereocenters. The summed E-state index contributed by atoms with van der Waals surface area (Å²) in [5.74, 6) is 0. The van der Waals surface area contributed by atoms with Crippen LogP contribution in [0.3, 0.4) is 0 Å². The van der Waals surface area contributed by atoms with Gasteiger partial charge >= 0.3 is 0 Å². The normalized spacial score (nSPS) is 9.68. The Kier molecular flexibility index (Phi) is 6.38. The summed E-state index contributed by atoms with van der Waals surface area (Å²) in [6.07, 6.45) is 0.839. The van der Waals surface area contributed by atoms with Gasteiger partial charge in [0.05, 0.1) is 0 Å². The van der Waals surface area contributed by atoms with Crippen LogP contribution in [0, 0.1) is 0 Å². The first kappa shape index (κ1) is 15.5. The highest BCUT2D eigenvalue weighted by molar-refractivity contribution is 7.73. The first-order chi connectivity index (χ1) is 9.02. The van der Waals surface area contributed by atoms with E-state index in [4.69, 9.17) is 24.9 Å². The van der Waals surface area contributed by atoms with E-state index in [1.807, 2.05) is 36.4 Å². The van der Waals surface area contributed by atoms with Gasteiger partial charge < -0.3 is 0 Å². The summed E-state index contributed by atoms with van der Waals surface area (Å²) in [5, 5.41) is 0.725. The molecule has 0 bridgehead atoms. The largest absolute Gasteiger partial charge is 0.299 e. The van der Waals surface area contributed by atoms with E-state index in [-0.39, 0.29) is 0 Å². The molecule has 0 saturated heterocycles. The maximum atomic E-state index is 10.5. The van der Waals surface area contributed by atoms with Gasteiger partial charge in [-0.05, 0) is 23.3 Å². The topological polar surface area (TPSA) is 74.6 Å². The van der Waals surface area contributed by atoms with Gasteiger partial charge in [0.2, 0.25) is 0 Å². The quantitative estimate of drug-likeness (QED) is 0.657. The molecule has 0 radical (unpaired) electrons. The number of hydrogen-bond donors (Lipinski definition) is 2. The van der Waals surface area contributed by atoms with Gasteiger partial charge in [0, 0.05) is 10.6 Å². The lowest BCUT2D eigenvalue weighted by atomic mass is 10.0. The Morgan fingerprint density at radius 1 is 0.895 bits per heavy atom. The van der Waals surface area contributed by atoms with Gasteiger partial charge in [-0.1, -0.05) is 48.0 Å². The smallest absolute Gasteiger partial charge is 0.298 e. The molecule has 2 aromatic rings. The van der Waals surface area contributed by atoms with Crippen molar-refractivity contribution >= 4 is 29.2 Å². The van der Waals surface area contributed by atoms with Crippen LogP contribution in [-0.4, -0.2) is 19.6 Å². The van der Waals surface area contributed by atoms with Gasteiger partial charge in [-0.3, -0.25) is 13.9 Å². The molecule has 0 spiro atoms. The zero-order valence-corrected chi connectivity index (χ0v) is 11.3. The maximum Gasteiger partial charge on any atom is 0.299 e. The van der Waals surface area contributed by atoms with Crippen LogP contribution < -0.4 is 0 Å². The van der Waals surface area contributed by atoms with Crippen molar-refractivity contribution in [2.75, 3.05) is 0 Å². The summed E-state index contributed by atoms with van der Waals surface area (Å²) < 4.78 is 22.8. The number of carbonyl (C=O) groups excluding carboxylic acids is 1. The van der Waals surface area contributed by atoms with Crippen LogP contribution in [0.1, 0.15) is 10.4 Å². The predicted octanol–water partition coefficient (Wildman–Crippen LogP) is 3.50. The summed E-state index contributed by atoms with van der Waals surface area (Å²) in [5.41, 5.74) is 2.86. The summed E-state index contributed by atoms with van der Waals surface area (Å²) in [7, 11) is 0. The fraction of sp³-hybridized carbons (Fsp3) is 0. The first-order valence-corrected chi connectivity index (χ1v) is 6.58. The third kappa shape index (κ3) is 5.76. The summed E-state index contributed by atoms with van der Waals surface area (Å²) in [4.78, 5) is 10.5. The molecule has 0 aliphatic heterocycles. The predicted molar refractivity (Wildman–Crippen MR) is 75.7 cm³/mol. The fourth-order valence-electron chi connectivity index (χ4n) is 1.40. The third-order valence-electron chi connectivity index (χ3n) is 2.22. The average Bonchev–Trinajstić information content (AvgIpc) is 2.39. The highest BCUT2D eigenvalue weighted by Crippen LogP contribution is 2.21. The van der Waals surface area contributed by atoms with E-state index in [0.717, 1.165) is 22.4 Å². The molecular formula is C13H11ClO4S. The zero-order chi connectivity index (χ0) is 14.3. The molecule has 0 heterocycles. The molecule has 6 heteroatoms. The number of hydrogen-bond acceptors (Lipinski definition) is 2. The second-order valence-electron chi connectivity index (χ2n) is 3.48. The van der Waals surface area contributed by atoms with Crippen molar-refractivity contribution in [3.8, 4) is 11.1 Å². The van der Waals surface area contributed by atoms with Gasteiger partial charge in [-0.2, -0.15) is 4.21 Å². The Morgan fingerprint density at radius 3 is 1.63 bits per heavy atom. The van der Waals surface area contributed by atoms with Crippen molar-refractivity contribution in [1.82, 2.24) is 0 Å². The molecule has 0 aliphatic rings. The molecule has 2 N–H and O–H groups in total. The SMILES string of the molecule is O=Cc1ccc(-c2ccc(Cl)cc2)cc1.O=S(O)O. The van der Waals surface area contributed by atoms with E-state index >= 15 is 0 Å². The summed E-state index contributed by atoms with van der Waals surface area (Å²) >= 11 is 3.19. The van der Waals surface area contributed by atoms with Gasteiger partial charge in [-0.15, -0.1) is 0 Å². The van der Waals surface area contributed by atoms with Gasteiger partial charge in [-0.25, -0.2) is 0 Å². The molecule has 2 rings (SSSR count). The Hall–Kier alpha value is -1.53. The Balaban J connectivity index is 0.000000399. The van der Waals surface area contributed by atoms with Gasteiger partial charge in [0.15, 0.2) is 0 Å². The molecule has 0 aliphatic carbocycles. The van der Waals surface area contributed by atoms with Crippen LogP contribution in [0.15, 0.2) is 48.5 Å². The Labute approximate surface area is 118 Å². The third-order valence-corrected chi connectivity index (χ3v) is 2.48. The molecule has 2 aromatic carbocycles. The maximum absolute atomic E-state index is 10.5. The molecule has 0 aromatic heterocycles. The number of carbonyl (C=O) groups is 1. The van der Waals surface area contributed by atoms with Crippen molar-refractivity contribution in [1.29, 1.82) is 0 Å². The standard InChI is InChI=1S/C13H9ClO.H2O3S/c14-13-7-5-12(6-8-13)11-3-1-10(9-15)2-4-11;1-4(2)3/h1-9H;(H2,1,2,3). The number of rotatable bonds is 2. The average molecular weight is 299 g/mol. The minimum Gasteiger partial charge on any atom is -0.298 e. The van der Waals surface area contributed by atoms with E-state index in [2.05, 4.69) is 0 Å². The number of aldehydes is 1. The summed E-state index contributed by atoms with van der Waals surface area (Å²) in [6, 6.07) is 15.1. The van der Waals surface area contributed by atoms with Crippen molar-refractivity contribution in [3.05, 3.63) is 59.1 Å². The molecule has 100 valence electrons. The van der Waals surface area contributed by atoms with Crippen LogP contribution >= 0.6 is 11.6 Å². The molecule has 19 heavy (non-hydrogen) atoms. The Bertz CT molecular complexity index is 548. The van der Waals surface area contributed by atoms with E-state index < -0.39 is 11.4 Å². The molecule has 0 fully saturated rings. The van der Waals surface area contributed by atoms with Crippen LogP contribution in [0.25, 0.3) is 11.1 Å². The highest BCUT2D eigenvalue weighted by Gasteiger charge is 1.97. The van der Waals surface area contributed by atoms with Gasteiger partial charge in [0.25, 0.3) is 11.4 Å². The second-order valence-corrected chi connectivity index (χ2v) is 4.38. The zero-order valence-electron chi connectivity index (χ0n) is 9.69. The second kappa shape index (κ2) is 7.81. The van der Waals surface area contributed by atoms with Crippen molar-refractivity contribution in [2.45, 2.75) is 0 Å². The molecule has 0 saturated carbocycles. The molecular weight excluding hydrogens is 288 g/mol. The van der Waals surface area contributed by atoms with E-state index in [0.29, 0.717) is 5.56 Å². The number of halogens is 1. The van der Waals surface area contributed by atoms with Crippen LogP contribution in [0.2, 0.25) is 5.02 Å². The Morgan fingerprint density at radius 2 is 1.26 bits per heavy atom. The minimum atomic E-state index is -2.61. The minimum absolute atomic E-state index is 0.688. The van der Waals surface area contributed by atoms with E-state index in [1.54, 1.807) is 12.1 Å². The highest BCUT2D eigenvalue weighted by atomic mass is 35.5. The van der Waals surface area contributed by atoms with E-state index in [1.165, 1.54) is 0 Å². The van der Waals surface area contributed by atoms with E-state index in [9.17, 15) is 4.79 Å². The van der Waals surface area contributed by atoms with Crippen LogP contribution in [-0.2, 0) is 11.4 Å². The van der Waals surface area contributed by atoms with Gasteiger partial charge in [0.1, 0.15) is 6.29 Å². The lowest BCUT2D eigenvalue weighted by Gasteiger charge is -2.01. The first-order valence-electron chi connectivity index (χ1n) is 5.14.